The SMILES string of the molecule is CCCSc1nnc(SCC(=O)NC(=O)Nc2ccc(C)cc2C)s1. The van der Waals surface area contributed by atoms with Crippen molar-refractivity contribution in [3.05, 3.63) is 29.3 Å². The van der Waals surface area contributed by atoms with Crippen LogP contribution in [0.4, 0.5) is 10.5 Å². The number of aromatic nitrogens is 2. The average Bonchev–Trinajstić information content (AvgIpc) is 3.01. The van der Waals surface area contributed by atoms with Crippen LogP contribution in [-0.2, 0) is 4.79 Å². The summed E-state index contributed by atoms with van der Waals surface area (Å²) in [4.78, 5) is 23.8. The number of carbonyl (C=O) groups is 2. The van der Waals surface area contributed by atoms with Gasteiger partial charge < -0.3 is 5.32 Å². The maximum absolute atomic E-state index is 11.9. The average molecular weight is 397 g/mol. The second-order valence-electron chi connectivity index (χ2n) is 5.29. The zero-order chi connectivity index (χ0) is 18.2. The fourth-order valence-corrected chi connectivity index (χ4v) is 4.65. The number of benzene rings is 1. The fourth-order valence-electron chi connectivity index (χ4n) is 1.90. The number of anilines is 1. The molecule has 2 aromatic rings. The molecular formula is C16H20N4O2S3. The summed E-state index contributed by atoms with van der Waals surface area (Å²) in [5.41, 5.74) is 2.75. The monoisotopic (exact) mass is 396 g/mol. The molecule has 0 bridgehead atoms. The molecule has 0 spiro atoms. The zero-order valence-corrected chi connectivity index (χ0v) is 16.7. The number of carbonyl (C=O) groups excluding carboxylic acids is 2. The van der Waals surface area contributed by atoms with Crippen molar-refractivity contribution in [2.75, 3.05) is 16.8 Å². The van der Waals surface area contributed by atoms with E-state index in [4.69, 9.17) is 0 Å². The third-order valence-corrected chi connectivity index (χ3v) is 6.42. The summed E-state index contributed by atoms with van der Waals surface area (Å²) >= 11 is 4.40. The lowest BCUT2D eigenvalue weighted by atomic mass is 10.1. The van der Waals surface area contributed by atoms with E-state index < -0.39 is 6.03 Å². The van der Waals surface area contributed by atoms with E-state index in [-0.39, 0.29) is 11.7 Å². The lowest BCUT2D eigenvalue weighted by Crippen LogP contribution is -2.35. The lowest BCUT2D eigenvalue weighted by molar-refractivity contribution is -0.117. The van der Waals surface area contributed by atoms with Gasteiger partial charge in [-0.2, -0.15) is 0 Å². The maximum Gasteiger partial charge on any atom is 0.325 e. The number of nitrogens with zero attached hydrogens (tertiary/aromatic N) is 2. The van der Waals surface area contributed by atoms with E-state index in [1.165, 1.54) is 23.1 Å². The Morgan fingerprint density at radius 2 is 1.88 bits per heavy atom. The Bertz CT molecular complexity index is 749. The molecule has 0 aliphatic heterocycles. The van der Waals surface area contributed by atoms with Crippen molar-refractivity contribution in [3.8, 4) is 0 Å². The van der Waals surface area contributed by atoms with E-state index in [0.717, 1.165) is 32.0 Å². The van der Waals surface area contributed by atoms with E-state index in [2.05, 4.69) is 27.8 Å². The minimum absolute atomic E-state index is 0.118. The molecule has 0 aliphatic rings. The molecule has 0 fully saturated rings. The lowest BCUT2D eigenvalue weighted by Gasteiger charge is -2.09. The molecule has 2 rings (SSSR count). The minimum atomic E-state index is -0.533. The van der Waals surface area contributed by atoms with Crippen LogP contribution in [-0.4, -0.2) is 33.6 Å². The Hall–Kier alpha value is -1.58. The molecule has 25 heavy (non-hydrogen) atoms. The third-order valence-electron chi connectivity index (χ3n) is 3.03. The molecule has 0 atom stereocenters. The minimum Gasteiger partial charge on any atom is -0.307 e. The number of hydrogen-bond donors (Lipinski definition) is 2. The van der Waals surface area contributed by atoms with Gasteiger partial charge in [-0.3, -0.25) is 10.1 Å². The number of amides is 3. The molecule has 9 heteroatoms. The highest BCUT2D eigenvalue weighted by atomic mass is 32.2. The molecule has 1 aromatic carbocycles. The van der Waals surface area contributed by atoms with Gasteiger partial charge in [-0.15, -0.1) is 10.2 Å². The first kappa shape index (κ1) is 19.7. The third kappa shape index (κ3) is 6.68. The van der Waals surface area contributed by atoms with Crippen LogP contribution in [0.3, 0.4) is 0 Å². The van der Waals surface area contributed by atoms with Gasteiger partial charge in [0.2, 0.25) is 5.91 Å². The molecule has 0 aliphatic carbocycles. The summed E-state index contributed by atoms with van der Waals surface area (Å²) in [6.45, 7) is 6.00. The Kier molecular flexibility index (Phi) is 7.73. The Balaban J connectivity index is 1.77. The van der Waals surface area contributed by atoms with Crippen LogP contribution in [0.2, 0.25) is 0 Å². The summed E-state index contributed by atoms with van der Waals surface area (Å²) < 4.78 is 1.63. The van der Waals surface area contributed by atoms with Crippen molar-refractivity contribution < 1.29 is 9.59 Å². The van der Waals surface area contributed by atoms with Crippen molar-refractivity contribution in [1.82, 2.24) is 15.5 Å². The Morgan fingerprint density at radius 1 is 1.16 bits per heavy atom. The highest BCUT2D eigenvalue weighted by Gasteiger charge is 2.12. The largest absolute Gasteiger partial charge is 0.325 e. The first-order valence-corrected chi connectivity index (χ1v) is 10.5. The summed E-state index contributed by atoms with van der Waals surface area (Å²) in [6, 6.07) is 5.16. The van der Waals surface area contributed by atoms with E-state index in [1.54, 1.807) is 11.8 Å². The molecule has 0 radical (unpaired) electrons. The molecule has 134 valence electrons. The smallest absolute Gasteiger partial charge is 0.307 e. The molecule has 3 amide bonds. The van der Waals surface area contributed by atoms with Gasteiger partial charge in [-0.25, -0.2) is 4.79 Å². The molecule has 1 aromatic heterocycles. The van der Waals surface area contributed by atoms with Crippen molar-refractivity contribution in [1.29, 1.82) is 0 Å². The summed E-state index contributed by atoms with van der Waals surface area (Å²) in [5.74, 6) is 0.747. The number of nitrogens with one attached hydrogen (secondary N) is 2. The first-order valence-electron chi connectivity index (χ1n) is 7.75. The molecule has 0 saturated heterocycles. The molecule has 0 unspecified atom stereocenters. The predicted molar refractivity (Wildman–Crippen MR) is 105 cm³/mol. The van der Waals surface area contributed by atoms with Crippen molar-refractivity contribution in [2.45, 2.75) is 35.9 Å². The van der Waals surface area contributed by atoms with Crippen LogP contribution in [0.25, 0.3) is 0 Å². The number of urea groups is 1. The van der Waals surface area contributed by atoms with E-state index >= 15 is 0 Å². The van der Waals surface area contributed by atoms with Crippen LogP contribution >= 0.6 is 34.9 Å². The second kappa shape index (κ2) is 9.79. The molecule has 2 N–H and O–H groups in total. The van der Waals surface area contributed by atoms with Crippen LogP contribution in [0.15, 0.2) is 26.9 Å². The molecule has 6 nitrogen and oxygen atoms in total. The van der Waals surface area contributed by atoms with Crippen molar-refractivity contribution >= 4 is 52.5 Å². The highest BCUT2D eigenvalue weighted by molar-refractivity contribution is 8.03. The van der Waals surface area contributed by atoms with Crippen LogP contribution < -0.4 is 10.6 Å². The second-order valence-corrected chi connectivity index (χ2v) is 8.83. The first-order chi connectivity index (χ1) is 12.0. The van der Waals surface area contributed by atoms with Crippen molar-refractivity contribution in [2.24, 2.45) is 0 Å². The fraction of sp³-hybridized carbons (Fsp3) is 0.375. The standard InChI is InChI=1S/C16H20N4O2S3/c1-4-7-23-15-19-20-16(25-15)24-9-13(21)18-14(22)17-12-6-5-10(2)8-11(12)3/h5-6,8H,4,7,9H2,1-3H3,(H2,17,18,21,22). The van der Waals surface area contributed by atoms with Crippen LogP contribution in [0, 0.1) is 13.8 Å². The van der Waals surface area contributed by atoms with Crippen LogP contribution in [0.1, 0.15) is 24.5 Å². The van der Waals surface area contributed by atoms with Gasteiger partial charge in [0.1, 0.15) is 0 Å². The summed E-state index contributed by atoms with van der Waals surface area (Å²) in [6.07, 6.45) is 1.07. The Labute approximate surface area is 159 Å². The van der Waals surface area contributed by atoms with E-state index in [9.17, 15) is 9.59 Å². The van der Waals surface area contributed by atoms with E-state index in [0.29, 0.717) is 5.69 Å². The topological polar surface area (TPSA) is 84.0 Å². The van der Waals surface area contributed by atoms with Gasteiger partial charge in [0.25, 0.3) is 0 Å². The van der Waals surface area contributed by atoms with Gasteiger partial charge in [0, 0.05) is 11.4 Å². The number of hydrogen-bond acceptors (Lipinski definition) is 7. The van der Waals surface area contributed by atoms with Gasteiger partial charge in [-0.1, -0.05) is 59.5 Å². The van der Waals surface area contributed by atoms with Crippen molar-refractivity contribution in [3.63, 3.8) is 0 Å². The molecule has 0 saturated carbocycles. The van der Waals surface area contributed by atoms with E-state index in [1.807, 2.05) is 32.0 Å². The molecule has 1 heterocycles. The molecular weight excluding hydrogens is 376 g/mol. The number of imide groups is 1. The number of aryl methyl sites for hydroxylation is 2. The summed E-state index contributed by atoms with van der Waals surface area (Å²) in [7, 11) is 0. The maximum atomic E-state index is 11.9. The van der Waals surface area contributed by atoms with Crippen LogP contribution in [0.5, 0.6) is 0 Å². The summed E-state index contributed by atoms with van der Waals surface area (Å²) in [5, 5.41) is 13.1. The Morgan fingerprint density at radius 3 is 2.56 bits per heavy atom. The zero-order valence-electron chi connectivity index (χ0n) is 14.3. The van der Waals surface area contributed by atoms with Gasteiger partial charge in [-0.05, 0) is 31.9 Å². The number of rotatable bonds is 7. The quantitative estimate of drug-likeness (QED) is 0.686. The van der Waals surface area contributed by atoms with Gasteiger partial charge in [0.05, 0.1) is 5.75 Å². The predicted octanol–water partition coefficient (Wildman–Crippen LogP) is 4.10. The number of thioether (sulfide) groups is 2. The van der Waals surface area contributed by atoms with Gasteiger partial charge >= 0.3 is 6.03 Å². The normalized spacial score (nSPS) is 10.5. The van der Waals surface area contributed by atoms with Gasteiger partial charge in [0.15, 0.2) is 8.68 Å². The highest BCUT2D eigenvalue weighted by Crippen LogP contribution is 2.28.